The molecule has 1 rings (SSSR count). The molecule has 94 valence electrons. The SMILES string of the molecule is CCOc1c(C(C)=O)cc(C)cc1C(C)(C)C. The molecule has 2 nitrogen and oxygen atoms in total. The van der Waals surface area contributed by atoms with Gasteiger partial charge in [-0.3, -0.25) is 4.79 Å². The molecular formula is C15H22O2. The van der Waals surface area contributed by atoms with E-state index in [9.17, 15) is 4.79 Å². The Morgan fingerprint density at radius 3 is 2.29 bits per heavy atom. The number of Topliss-reactive ketones (excluding diaryl/α,β-unsaturated/α-hetero) is 1. The molecule has 1 aromatic carbocycles. The summed E-state index contributed by atoms with van der Waals surface area (Å²) in [5.41, 5.74) is 2.87. The van der Waals surface area contributed by atoms with Gasteiger partial charge in [0.25, 0.3) is 0 Å². The van der Waals surface area contributed by atoms with E-state index in [-0.39, 0.29) is 11.2 Å². The van der Waals surface area contributed by atoms with Gasteiger partial charge in [-0.05, 0) is 37.8 Å². The van der Waals surface area contributed by atoms with E-state index in [1.807, 2.05) is 19.9 Å². The molecule has 0 saturated heterocycles. The van der Waals surface area contributed by atoms with Gasteiger partial charge >= 0.3 is 0 Å². The second kappa shape index (κ2) is 4.91. The summed E-state index contributed by atoms with van der Waals surface area (Å²) in [6, 6.07) is 4.01. The van der Waals surface area contributed by atoms with Crippen molar-refractivity contribution in [1.29, 1.82) is 0 Å². The first kappa shape index (κ1) is 13.8. The summed E-state index contributed by atoms with van der Waals surface area (Å²) in [6.45, 7) is 12.5. The highest BCUT2D eigenvalue weighted by atomic mass is 16.5. The molecule has 17 heavy (non-hydrogen) atoms. The van der Waals surface area contributed by atoms with Crippen LogP contribution in [0.5, 0.6) is 5.75 Å². The molecule has 0 fully saturated rings. The van der Waals surface area contributed by atoms with Crippen molar-refractivity contribution in [3.8, 4) is 5.75 Å². The van der Waals surface area contributed by atoms with Crippen LogP contribution in [0.25, 0.3) is 0 Å². The van der Waals surface area contributed by atoms with Crippen LogP contribution in [-0.4, -0.2) is 12.4 Å². The van der Waals surface area contributed by atoms with Gasteiger partial charge in [0.15, 0.2) is 5.78 Å². The minimum absolute atomic E-state index is 0.0271. The number of ether oxygens (including phenoxy) is 1. The van der Waals surface area contributed by atoms with E-state index in [1.54, 1.807) is 6.92 Å². The largest absolute Gasteiger partial charge is 0.493 e. The summed E-state index contributed by atoms with van der Waals surface area (Å²) >= 11 is 0. The first-order chi connectivity index (χ1) is 7.77. The fourth-order valence-corrected chi connectivity index (χ4v) is 1.89. The molecule has 0 aliphatic heterocycles. The fourth-order valence-electron chi connectivity index (χ4n) is 1.89. The second-order valence-electron chi connectivity index (χ2n) is 5.43. The maximum atomic E-state index is 11.7. The second-order valence-corrected chi connectivity index (χ2v) is 5.43. The molecule has 2 heteroatoms. The third-order valence-electron chi connectivity index (χ3n) is 2.71. The Hall–Kier alpha value is -1.31. The van der Waals surface area contributed by atoms with Crippen LogP contribution in [0.1, 0.15) is 56.1 Å². The van der Waals surface area contributed by atoms with Gasteiger partial charge in [-0.2, -0.15) is 0 Å². The average molecular weight is 234 g/mol. The van der Waals surface area contributed by atoms with Gasteiger partial charge in [0.2, 0.25) is 0 Å². The molecule has 1 aromatic rings. The number of aryl methyl sites for hydroxylation is 1. The van der Waals surface area contributed by atoms with Gasteiger partial charge in [0.05, 0.1) is 12.2 Å². The summed E-state index contributed by atoms with van der Waals surface area (Å²) in [5, 5.41) is 0. The molecule has 0 saturated carbocycles. The van der Waals surface area contributed by atoms with Crippen molar-refractivity contribution in [2.45, 2.75) is 47.0 Å². The van der Waals surface area contributed by atoms with Crippen LogP contribution in [0.15, 0.2) is 12.1 Å². The maximum Gasteiger partial charge on any atom is 0.163 e. The lowest BCUT2D eigenvalue weighted by molar-refractivity contribution is 0.101. The standard InChI is InChI=1S/C15H22O2/c1-7-17-14-12(11(3)16)8-10(2)9-13(14)15(4,5)6/h8-9H,7H2,1-6H3. The van der Waals surface area contributed by atoms with Crippen LogP contribution >= 0.6 is 0 Å². The Kier molecular flexibility index (Phi) is 3.97. The number of carbonyl (C=O) groups is 1. The molecule has 0 N–H and O–H groups in total. The molecule has 0 aliphatic rings. The van der Waals surface area contributed by atoms with Gasteiger partial charge in [0.1, 0.15) is 5.75 Å². The van der Waals surface area contributed by atoms with E-state index in [2.05, 4.69) is 26.8 Å². The first-order valence-corrected chi connectivity index (χ1v) is 6.06. The third-order valence-corrected chi connectivity index (χ3v) is 2.71. The van der Waals surface area contributed by atoms with Crippen LogP contribution in [0.2, 0.25) is 0 Å². The van der Waals surface area contributed by atoms with Crippen LogP contribution in [-0.2, 0) is 5.41 Å². The van der Waals surface area contributed by atoms with Crippen LogP contribution in [0.3, 0.4) is 0 Å². The van der Waals surface area contributed by atoms with E-state index >= 15 is 0 Å². The minimum Gasteiger partial charge on any atom is -0.493 e. The lowest BCUT2D eigenvalue weighted by Crippen LogP contribution is -2.16. The monoisotopic (exact) mass is 234 g/mol. The number of hydrogen-bond acceptors (Lipinski definition) is 2. The highest BCUT2D eigenvalue weighted by Gasteiger charge is 2.23. The van der Waals surface area contributed by atoms with E-state index in [1.165, 1.54) is 0 Å². The Labute approximate surface area is 104 Å². The lowest BCUT2D eigenvalue weighted by Gasteiger charge is -2.25. The Bertz CT molecular complexity index is 425. The van der Waals surface area contributed by atoms with Gasteiger partial charge in [0, 0.05) is 5.56 Å². The highest BCUT2D eigenvalue weighted by molar-refractivity contribution is 5.97. The zero-order valence-corrected chi connectivity index (χ0v) is 11.7. The molecule has 0 aromatic heterocycles. The minimum atomic E-state index is -0.0271. The maximum absolute atomic E-state index is 11.7. The van der Waals surface area contributed by atoms with Gasteiger partial charge in [-0.15, -0.1) is 0 Å². The smallest absolute Gasteiger partial charge is 0.163 e. The summed E-state index contributed by atoms with van der Waals surface area (Å²) in [4.78, 5) is 11.7. The van der Waals surface area contributed by atoms with E-state index < -0.39 is 0 Å². The number of benzene rings is 1. The van der Waals surface area contributed by atoms with Crippen molar-refractivity contribution in [1.82, 2.24) is 0 Å². The fraction of sp³-hybridized carbons (Fsp3) is 0.533. The molecule has 0 unspecified atom stereocenters. The zero-order valence-electron chi connectivity index (χ0n) is 11.7. The van der Waals surface area contributed by atoms with Crippen molar-refractivity contribution in [2.75, 3.05) is 6.61 Å². The van der Waals surface area contributed by atoms with Gasteiger partial charge < -0.3 is 4.74 Å². The van der Waals surface area contributed by atoms with Crippen LogP contribution in [0, 0.1) is 6.92 Å². The zero-order chi connectivity index (χ0) is 13.2. The predicted molar refractivity (Wildman–Crippen MR) is 71.1 cm³/mol. The molecular weight excluding hydrogens is 212 g/mol. The molecule has 0 spiro atoms. The molecule has 0 atom stereocenters. The Morgan fingerprint density at radius 1 is 1.29 bits per heavy atom. The van der Waals surface area contributed by atoms with Crippen molar-refractivity contribution in [3.05, 3.63) is 28.8 Å². The third kappa shape index (κ3) is 3.09. The van der Waals surface area contributed by atoms with Crippen LogP contribution in [0.4, 0.5) is 0 Å². The predicted octanol–water partition coefficient (Wildman–Crippen LogP) is 3.89. The Morgan fingerprint density at radius 2 is 1.88 bits per heavy atom. The number of ketones is 1. The van der Waals surface area contributed by atoms with E-state index in [0.29, 0.717) is 12.2 Å². The summed E-state index contributed by atoms with van der Waals surface area (Å²) in [7, 11) is 0. The van der Waals surface area contributed by atoms with E-state index in [4.69, 9.17) is 4.74 Å². The summed E-state index contributed by atoms with van der Waals surface area (Å²) in [5.74, 6) is 0.806. The Balaban J connectivity index is 3.51. The quantitative estimate of drug-likeness (QED) is 0.741. The average Bonchev–Trinajstić information content (AvgIpc) is 2.18. The lowest BCUT2D eigenvalue weighted by atomic mass is 9.83. The van der Waals surface area contributed by atoms with E-state index in [0.717, 1.165) is 16.9 Å². The number of rotatable bonds is 3. The van der Waals surface area contributed by atoms with Crippen molar-refractivity contribution in [2.24, 2.45) is 0 Å². The molecule has 0 heterocycles. The van der Waals surface area contributed by atoms with Crippen molar-refractivity contribution in [3.63, 3.8) is 0 Å². The summed E-state index contributed by atoms with van der Waals surface area (Å²) < 4.78 is 5.69. The molecule has 0 amide bonds. The summed E-state index contributed by atoms with van der Waals surface area (Å²) in [6.07, 6.45) is 0. The normalized spacial score (nSPS) is 11.4. The van der Waals surface area contributed by atoms with Gasteiger partial charge in [-0.25, -0.2) is 0 Å². The number of carbonyl (C=O) groups excluding carboxylic acids is 1. The molecule has 0 radical (unpaired) electrons. The van der Waals surface area contributed by atoms with Crippen molar-refractivity contribution < 1.29 is 9.53 Å². The molecule has 0 bridgehead atoms. The van der Waals surface area contributed by atoms with Gasteiger partial charge in [-0.1, -0.05) is 26.8 Å². The van der Waals surface area contributed by atoms with Crippen molar-refractivity contribution >= 4 is 5.78 Å². The topological polar surface area (TPSA) is 26.3 Å². The highest BCUT2D eigenvalue weighted by Crippen LogP contribution is 2.35. The first-order valence-electron chi connectivity index (χ1n) is 6.06. The molecule has 0 aliphatic carbocycles. The number of hydrogen-bond donors (Lipinski definition) is 0. The van der Waals surface area contributed by atoms with Crippen LogP contribution < -0.4 is 4.74 Å².